The van der Waals surface area contributed by atoms with Crippen LogP contribution in [0.4, 0.5) is 0 Å². The van der Waals surface area contributed by atoms with Gasteiger partial charge in [0.1, 0.15) is 0 Å². The van der Waals surface area contributed by atoms with Gasteiger partial charge in [0.25, 0.3) is 0 Å². The second kappa shape index (κ2) is 3.79. The molecule has 0 bridgehead atoms. The first-order valence-corrected chi connectivity index (χ1v) is 4.76. The molecule has 1 aromatic rings. The number of pyridine rings is 1. The summed E-state index contributed by atoms with van der Waals surface area (Å²) >= 11 is 0. The van der Waals surface area contributed by atoms with Crippen molar-refractivity contribution >= 4 is 10.1 Å². The molecule has 0 fully saturated rings. The van der Waals surface area contributed by atoms with E-state index < -0.39 is 15.6 Å². The molecule has 13 heavy (non-hydrogen) atoms. The van der Waals surface area contributed by atoms with Crippen molar-refractivity contribution in [2.24, 2.45) is 5.90 Å². The van der Waals surface area contributed by atoms with Gasteiger partial charge in [0.2, 0.25) is 5.44 Å². The van der Waals surface area contributed by atoms with Crippen molar-refractivity contribution < 1.29 is 17.8 Å². The summed E-state index contributed by atoms with van der Waals surface area (Å²) in [5.41, 5.74) is -1.88. The van der Waals surface area contributed by atoms with E-state index >= 15 is 0 Å². The van der Waals surface area contributed by atoms with Gasteiger partial charge in [-0.2, -0.15) is 18.6 Å². The predicted octanol–water partition coefficient (Wildman–Crippen LogP) is -0.707. The molecule has 1 atom stereocenters. The number of aliphatic hydroxyl groups excluding tert-OH is 1. The molecule has 0 spiro atoms. The normalized spacial score (nSPS) is 14.0. The zero-order chi connectivity index (χ0) is 9.90. The summed E-state index contributed by atoms with van der Waals surface area (Å²) in [4.78, 5) is 3.63. The number of hydrogen-bond donors (Lipinski definition) is 2. The van der Waals surface area contributed by atoms with Crippen LogP contribution in [-0.4, -0.2) is 18.5 Å². The molecule has 0 aliphatic heterocycles. The Labute approximate surface area is 75.1 Å². The Morgan fingerprint density at radius 1 is 1.54 bits per heavy atom. The van der Waals surface area contributed by atoms with Gasteiger partial charge in [0.05, 0.1) is 5.69 Å². The molecule has 0 saturated carbocycles. The van der Waals surface area contributed by atoms with Crippen LogP contribution in [0.5, 0.6) is 0 Å². The zero-order valence-corrected chi connectivity index (χ0v) is 7.31. The third kappa shape index (κ3) is 2.22. The van der Waals surface area contributed by atoms with E-state index in [2.05, 4.69) is 15.2 Å². The highest BCUT2D eigenvalue weighted by Crippen LogP contribution is 2.16. The lowest BCUT2D eigenvalue weighted by Gasteiger charge is -2.07. The van der Waals surface area contributed by atoms with Crippen LogP contribution in [0.2, 0.25) is 0 Å². The van der Waals surface area contributed by atoms with Gasteiger partial charge < -0.3 is 5.11 Å². The second-order valence-electron chi connectivity index (χ2n) is 2.20. The minimum Gasteiger partial charge on any atom is -0.370 e. The molecule has 0 saturated heterocycles. The van der Waals surface area contributed by atoms with E-state index in [0.29, 0.717) is 0 Å². The fourth-order valence-corrected chi connectivity index (χ4v) is 1.26. The zero-order valence-electron chi connectivity index (χ0n) is 6.49. The Bertz CT molecular complexity index is 363. The largest absolute Gasteiger partial charge is 0.370 e. The van der Waals surface area contributed by atoms with Crippen molar-refractivity contribution in [1.82, 2.24) is 4.98 Å². The summed E-state index contributed by atoms with van der Waals surface area (Å²) in [6, 6.07) is 4.48. The van der Waals surface area contributed by atoms with Crippen molar-refractivity contribution in [2.75, 3.05) is 0 Å². The van der Waals surface area contributed by atoms with Crippen molar-refractivity contribution in [1.29, 1.82) is 0 Å². The van der Waals surface area contributed by atoms with Crippen LogP contribution in [0.3, 0.4) is 0 Å². The Hall–Kier alpha value is -1.02. The van der Waals surface area contributed by atoms with Crippen LogP contribution in [0.25, 0.3) is 0 Å². The highest BCUT2D eigenvalue weighted by Gasteiger charge is 2.25. The van der Waals surface area contributed by atoms with Crippen molar-refractivity contribution in [2.45, 2.75) is 5.44 Å². The Balaban J connectivity index is 2.99. The Kier molecular flexibility index (Phi) is 2.94. The molecule has 6 nitrogen and oxygen atoms in total. The fourth-order valence-electron chi connectivity index (χ4n) is 0.723. The lowest BCUT2D eigenvalue weighted by atomic mass is 10.4. The quantitative estimate of drug-likeness (QED) is 0.630. The Morgan fingerprint density at radius 2 is 2.23 bits per heavy atom. The minimum absolute atomic E-state index is 0.0343. The molecular weight excluding hydrogens is 196 g/mol. The maximum Gasteiger partial charge on any atom is 0.316 e. The lowest BCUT2D eigenvalue weighted by Crippen LogP contribution is -2.19. The molecule has 0 aliphatic rings. The van der Waals surface area contributed by atoms with E-state index in [1.807, 2.05) is 0 Å². The van der Waals surface area contributed by atoms with Gasteiger partial charge in [0.15, 0.2) is 0 Å². The molecule has 1 unspecified atom stereocenters. The van der Waals surface area contributed by atoms with E-state index in [-0.39, 0.29) is 5.69 Å². The van der Waals surface area contributed by atoms with Crippen LogP contribution in [0, 0.1) is 0 Å². The highest BCUT2D eigenvalue weighted by molar-refractivity contribution is 7.86. The first kappa shape index (κ1) is 10.1. The maximum atomic E-state index is 10.9. The SMILES string of the molecule is NOS(=O)(=O)C(O)c1ccccn1. The first-order chi connectivity index (χ1) is 6.08. The summed E-state index contributed by atoms with van der Waals surface area (Å²) in [6.45, 7) is 0. The summed E-state index contributed by atoms with van der Waals surface area (Å²) in [6.07, 6.45) is 1.35. The van der Waals surface area contributed by atoms with Crippen molar-refractivity contribution in [3.8, 4) is 0 Å². The second-order valence-corrected chi connectivity index (χ2v) is 3.82. The molecule has 0 amide bonds. The number of nitrogens with zero attached hydrogens (tertiary/aromatic N) is 1. The monoisotopic (exact) mass is 204 g/mol. The standard InChI is InChI=1S/C6H8N2O4S/c7-12-13(10,11)6(9)5-3-1-2-4-8-5/h1-4,6,9H,7H2. The van der Waals surface area contributed by atoms with Crippen molar-refractivity contribution in [3.05, 3.63) is 30.1 Å². The molecule has 0 aromatic carbocycles. The predicted molar refractivity (Wildman–Crippen MR) is 43.4 cm³/mol. The van der Waals surface area contributed by atoms with E-state index in [4.69, 9.17) is 0 Å². The van der Waals surface area contributed by atoms with E-state index in [1.165, 1.54) is 18.3 Å². The topological polar surface area (TPSA) is 103 Å². The summed E-state index contributed by atoms with van der Waals surface area (Å²) in [5, 5.41) is 9.19. The van der Waals surface area contributed by atoms with Crippen LogP contribution >= 0.6 is 0 Å². The van der Waals surface area contributed by atoms with Gasteiger partial charge in [-0.25, -0.2) is 0 Å². The van der Waals surface area contributed by atoms with Crippen LogP contribution < -0.4 is 5.90 Å². The van der Waals surface area contributed by atoms with Crippen LogP contribution in [-0.2, 0) is 14.4 Å². The molecular formula is C6H8N2O4S. The van der Waals surface area contributed by atoms with Gasteiger partial charge in [-0.15, -0.1) is 0 Å². The lowest BCUT2D eigenvalue weighted by molar-refractivity contribution is 0.213. The van der Waals surface area contributed by atoms with Gasteiger partial charge >= 0.3 is 10.1 Å². The average Bonchev–Trinajstić information content (AvgIpc) is 2.18. The van der Waals surface area contributed by atoms with Crippen molar-refractivity contribution in [3.63, 3.8) is 0 Å². The first-order valence-electron chi connectivity index (χ1n) is 3.29. The molecule has 7 heteroatoms. The third-order valence-corrected chi connectivity index (χ3v) is 2.40. The number of nitrogens with two attached hydrogens (primary N) is 1. The fraction of sp³-hybridized carbons (Fsp3) is 0.167. The third-order valence-electron chi connectivity index (χ3n) is 1.35. The minimum atomic E-state index is -4.18. The number of aromatic nitrogens is 1. The highest BCUT2D eigenvalue weighted by atomic mass is 32.2. The van der Waals surface area contributed by atoms with Crippen LogP contribution in [0.1, 0.15) is 11.1 Å². The number of rotatable bonds is 3. The van der Waals surface area contributed by atoms with Crippen LogP contribution in [0.15, 0.2) is 24.4 Å². The molecule has 72 valence electrons. The summed E-state index contributed by atoms with van der Waals surface area (Å²) in [5.74, 6) is 4.47. The molecule has 0 aliphatic carbocycles. The maximum absolute atomic E-state index is 10.9. The summed E-state index contributed by atoms with van der Waals surface area (Å²) in [7, 11) is -4.18. The van der Waals surface area contributed by atoms with Gasteiger partial charge in [-0.3, -0.25) is 4.98 Å². The number of aliphatic hydroxyl groups is 1. The smallest absolute Gasteiger partial charge is 0.316 e. The van der Waals surface area contributed by atoms with Gasteiger partial charge in [0, 0.05) is 6.20 Å². The van der Waals surface area contributed by atoms with E-state index in [9.17, 15) is 13.5 Å². The van der Waals surface area contributed by atoms with Gasteiger partial charge in [-0.1, -0.05) is 6.07 Å². The van der Waals surface area contributed by atoms with E-state index in [0.717, 1.165) is 0 Å². The molecule has 1 heterocycles. The molecule has 1 aromatic heterocycles. The molecule has 1 rings (SSSR count). The van der Waals surface area contributed by atoms with Gasteiger partial charge in [-0.05, 0) is 12.1 Å². The van der Waals surface area contributed by atoms with E-state index in [1.54, 1.807) is 6.07 Å². The molecule has 0 radical (unpaired) electrons. The summed E-state index contributed by atoms with van der Waals surface area (Å²) < 4.78 is 25.4. The number of hydrogen-bond acceptors (Lipinski definition) is 6. The Morgan fingerprint density at radius 3 is 2.69 bits per heavy atom. The molecule has 3 N–H and O–H groups in total. The average molecular weight is 204 g/mol.